The lowest BCUT2D eigenvalue weighted by atomic mass is 10.1. The molecule has 0 aliphatic carbocycles. The number of rotatable bonds is 3. The van der Waals surface area contributed by atoms with Gasteiger partial charge in [-0.3, -0.25) is 10.1 Å². The third-order valence-corrected chi connectivity index (χ3v) is 4.26. The van der Waals surface area contributed by atoms with Crippen LogP contribution >= 0.6 is 11.6 Å². The van der Waals surface area contributed by atoms with E-state index in [1.165, 1.54) is 12.1 Å². The van der Waals surface area contributed by atoms with Crippen LogP contribution in [0, 0.1) is 10.1 Å². The van der Waals surface area contributed by atoms with Gasteiger partial charge >= 0.3 is 5.97 Å². The number of nitrogens with zero attached hydrogens (tertiary/aromatic N) is 1. The fraction of sp³-hybridized carbons (Fsp3) is 0. The van der Waals surface area contributed by atoms with Crippen LogP contribution in [0.2, 0.25) is 5.02 Å². The van der Waals surface area contributed by atoms with E-state index in [9.17, 15) is 14.9 Å². The monoisotopic (exact) mass is 367 g/mol. The number of carbonyl (C=O) groups is 1. The van der Waals surface area contributed by atoms with Crippen molar-refractivity contribution < 1.29 is 18.9 Å². The highest BCUT2D eigenvalue weighted by Gasteiger charge is 2.18. The van der Waals surface area contributed by atoms with E-state index in [0.717, 1.165) is 22.4 Å². The molecule has 0 atom stereocenters. The Hall–Kier alpha value is -3.38. The Balaban J connectivity index is 1.68. The van der Waals surface area contributed by atoms with Gasteiger partial charge in [-0.1, -0.05) is 29.8 Å². The summed E-state index contributed by atoms with van der Waals surface area (Å²) in [4.78, 5) is 22.6. The van der Waals surface area contributed by atoms with E-state index >= 15 is 0 Å². The van der Waals surface area contributed by atoms with Crippen molar-refractivity contribution >= 4 is 45.2 Å². The van der Waals surface area contributed by atoms with Crippen molar-refractivity contribution in [1.82, 2.24) is 0 Å². The van der Waals surface area contributed by atoms with Crippen LogP contribution in [0.4, 0.5) is 5.69 Å². The SMILES string of the molecule is O=C(Oc1ccc2oc3ccccc3c2c1)c1ccc(Cl)c([N+](=O)[O-])c1. The topological polar surface area (TPSA) is 82.6 Å². The fourth-order valence-electron chi connectivity index (χ4n) is 2.71. The number of nitro benzene ring substituents is 1. The molecule has 1 heterocycles. The first-order chi connectivity index (χ1) is 12.5. The normalized spacial score (nSPS) is 11.0. The van der Waals surface area contributed by atoms with Gasteiger partial charge in [0.1, 0.15) is 21.9 Å². The molecule has 0 fully saturated rings. The van der Waals surface area contributed by atoms with Crippen molar-refractivity contribution in [2.45, 2.75) is 0 Å². The van der Waals surface area contributed by atoms with Gasteiger partial charge < -0.3 is 9.15 Å². The Morgan fingerprint density at radius 2 is 1.77 bits per heavy atom. The van der Waals surface area contributed by atoms with Crippen molar-refractivity contribution in [2.24, 2.45) is 0 Å². The number of carbonyl (C=O) groups excluding carboxylic acids is 1. The molecular formula is C19H10ClNO5. The Labute approximate surface area is 151 Å². The molecule has 0 saturated carbocycles. The van der Waals surface area contributed by atoms with Crippen molar-refractivity contribution in [3.63, 3.8) is 0 Å². The van der Waals surface area contributed by atoms with Crippen LogP contribution in [0.1, 0.15) is 10.4 Å². The molecular weight excluding hydrogens is 358 g/mol. The standard InChI is InChI=1S/C19H10ClNO5/c20-15-7-5-11(9-16(15)21(23)24)19(22)25-12-6-8-18-14(10-12)13-3-1-2-4-17(13)26-18/h1-10H. The maximum Gasteiger partial charge on any atom is 0.343 e. The van der Waals surface area contributed by atoms with Gasteiger partial charge in [0.2, 0.25) is 0 Å². The largest absolute Gasteiger partial charge is 0.456 e. The molecule has 7 heteroatoms. The Kier molecular flexibility index (Phi) is 3.82. The number of nitro groups is 1. The number of benzene rings is 3. The zero-order chi connectivity index (χ0) is 18.3. The quantitative estimate of drug-likeness (QED) is 0.210. The summed E-state index contributed by atoms with van der Waals surface area (Å²) in [5.41, 5.74) is 1.10. The highest BCUT2D eigenvalue weighted by atomic mass is 35.5. The molecule has 1 aromatic heterocycles. The number of furan rings is 1. The molecule has 4 aromatic rings. The molecule has 4 rings (SSSR count). The first kappa shape index (κ1) is 16.1. The van der Waals surface area contributed by atoms with Crippen LogP contribution in [0.25, 0.3) is 21.9 Å². The van der Waals surface area contributed by atoms with E-state index in [0.29, 0.717) is 11.3 Å². The third kappa shape index (κ3) is 2.76. The molecule has 6 nitrogen and oxygen atoms in total. The van der Waals surface area contributed by atoms with Gasteiger partial charge in [0.15, 0.2) is 0 Å². The Morgan fingerprint density at radius 3 is 2.58 bits per heavy atom. The second-order valence-corrected chi connectivity index (χ2v) is 5.98. The number of ether oxygens (including phenoxy) is 1. The molecule has 0 N–H and O–H groups in total. The average Bonchev–Trinajstić information content (AvgIpc) is 3.00. The van der Waals surface area contributed by atoms with Gasteiger partial charge in [-0.2, -0.15) is 0 Å². The van der Waals surface area contributed by atoms with Gasteiger partial charge in [-0.05, 0) is 36.4 Å². The maximum absolute atomic E-state index is 12.3. The van der Waals surface area contributed by atoms with E-state index in [2.05, 4.69) is 0 Å². The average molecular weight is 368 g/mol. The van der Waals surface area contributed by atoms with E-state index < -0.39 is 10.9 Å². The Morgan fingerprint density at radius 1 is 1.00 bits per heavy atom. The molecule has 0 unspecified atom stereocenters. The molecule has 0 bridgehead atoms. The lowest BCUT2D eigenvalue weighted by molar-refractivity contribution is -0.384. The van der Waals surface area contributed by atoms with Crippen molar-refractivity contribution in [1.29, 1.82) is 0 Å². The second-order valence-electron chi connectivity index (χ2n) is 5.57. The lowest BCUT2D eigenvalue weighted by Gasteiger charge is -2.05. The van der Waals surface area contributed by atoms with Crippen LogP contribution in [0.15, 0.2) is 65.1 Å². The van der Waals surface area contributed by atoms with Crippen LogP contribution in [0.5, 0.6) is 5.75 Å². The predicted molar refractivity (Wildman–Crippen MR) is 96.8 cm³/mol. The summed E-state index contributed by atoms with van der Waals surface area (Å²) in [6.07, 6.45) is 0. The minimum atomic E-state index is -0.711. The van der Waals surface area contributed by atoms with E-state index in [-0.39, 0.29) is 16.3 Å². The maximum atomic E-state index is 12.3. The molecule has 3 aromatic carbocycles. The van der Waals surface area contributed by atoms with Crippen LogP contribution in [-0.2, 0) is 0 Å². The summed E-state index contributed by atoms with van der Waals surface area (Å²) in [5, 5.41) is 12.6. The molecule has 0 aliphatic heterocycles. The van der Waals surface area contributed by atoms with E-state index in [1.807, 2.05) is 24.3 Å². The second kappa shape index (κ2) is 6.16. The van der Waals surface area contributed by atoms with Crippen molar-refractivity contribution in [2.75, 3.05) is 0 Å². The van der Waals surface area contributed by atoms with Crippen LogP contribution in [0.3, 0.4) is 0 Å². The zero-order valence-electron chi connectivity index (χ0n) is 13.1. The summed E-state index contributed by atoms with van der Waals surface area (Å²) in [6, 6.07) is 16.3. The van der Waals surface area contributed by atoms with Crippen molar-refractivity contribution in [3.05, 3.63) is 81.4 Å². The smallest absolute Gasteiger partial charge is 0.343 e. The highest BCUT2D eigenvalue weighted by Crippen LogP contribution is 2.32. The summed E-state index contributed by atoms with van der Waals surface area (Å²) in [6.45, 7) is 0. The number of esters is 1. The molecule has 0 saturated heterocycles. The Bertz CT molecular complexity index is 1180. The number of halogens is 1. The number of hydrogen-bond donors (Lipinski definition) is 0. The van der Waals surface area contributed by atoms with Gasteiger partial charge in [-0.25, -0.2) is 4.79 Å². The molecule has 128 valence electrons. The van der Waals surface area contributed by atoms with Crippen LogP contribution in [-0.4, -0.2) is 10.9 Å². The first-order valence-electron chi connectivity index (χ1n) is 7.60. The summed E-state index contributed by atoms with van der Waals surface area (Å²) in [5.74, 6) is -0.399. The molecule has 0 amide bonds. The molecule has 0 radical (unpaired) electrons. The zero-order valence-corrected chi connectivity index (χ0v) is 13.9. The van der Waals surface area contributed by atoms with Gasteiger partial charge in [-0.15, -0.1) is 0 Å². The van der Waals surface area contributed by atoms with Gasteiger partial charge in [0.05, 0.1) is 10.5 Å². The van der Waals surface area contributed by atoms with E-state index in [4.69, 9.17) is 20.8 Å². The minimum Gasteiger partial charge on any atom is -0.456 e. The number of para-hydroxylation sites is 1. The first-order valence-corrected chi connectivity index (χ1v) is 7.98. The summed E-state index contributed by atoms with van der Waals surface area (Å²) >= 11 is 5.76. The third-order valence-electron chi connectivity index (χ3n) is 3.94. The lowest BCUT2D eigenvalue weighted by Crippen LogP contribution is -2.08. The van der Waals surface area contributed by atoms with Crippen molar-refractivity contribution in [3.8, 4) is 5.75 Å². The van der Waals surface area contributed by atoms with E-state index in [1.54, 1.807) is 18.2 Å². The number of fused-ring (bicyclic) bond motifs is 3. The summed E-state index contributed by atoms with van der Waals surface area (Å²) < 4.78 is 11.1. The molecule has 0 aliphatic rings. The van der Waals surface area contributed by atoms with Crippen LogP contribution < -0.4 is 4.74 Å². The minimum absolute atomic E-state index is 0.0400. The van der Waals surface area contributed by atoms with Gasteiger partial charge in [0, 0.05) is 16.8 Å². The molecule has 26 heavy (non-hydrogen) atoms. The highest BCUT2D eigenvalue weighted by molar-refractivity contribution is 6.32. The summed E-state index contributed by atoms with van der Waals surface area (Å²) in [7, 11) is 0. The van der Waals surface area contributed by atoms with Gasteiger partial charge in [0.25, 0.3) is 5.69 Å². The number of hydrogen-bond acceptors (Lipinski definition) is 5. The fourth-order valence-corrected chi connectivity index (χ4v) is 2.90. The predicted octanol–water partition coefficient (Wildman–Crippen LogP) is 5.37. The molecule has 0 spiro atoms.